The van der Waals surface area contributed by atoms with Crippen LogP contribution < -0.4 is 5.56 Å². The van der Waals surface area contributed by atoms with Crippen LogP contribution in [0.5, 0.6) is 0 Å². The summed E-state index contributed by atoms with van der Waals surface area (Å²) < 4.78 is 24.2. The fraction of sp³-hybridized carbons (Fsp3) is 0.176. The van der Waals surface area contributed by atoms with E-state index in [4.69, 9.17) is 23.2 Å². The van der Waals surface area contributed by atoms with Gasteiger partial charge < -0.3 is 5.11 Å². The van der Waals surface area contributed by atoms with Crippen LogP contribution in [0.1, 0.15) is 11.7 Å². The Morgan fingerprint density at radius 3 is 2.46 bits per heavy atom. The number of sulfone groups is 1. The lowest BCUT2D eigenvalue weighted by Gasteiger charge is -2.14. The van der Waals surface area contributed by atoms with E-state index in [9.17, 15) is 18.3 Å². The molecule has 0 bridgehead atoms. The predicted octanol–water partition coefficient (Wildman–Crippen LogP) is 2.84. The van der Waals surface area contributed by atoms with Gasteiger partial charge in [-0.1, -0.05) is 35.3 Å². The molecule has 0 aliphatic carbocycles. The molecule has 1 N–H and O–H groups in total. The Morgan fingerprint density at radius 2 is 1.85 bits per heavy atom. The van der Waals surface area contributed by atoms with Gasteiger partial charge in [0, 0.05) is 11.3 Å². The first kappa shape index (κ1) is 18.8. The summed E-state index contributed by atoms with van der Waals surface area (Å²) in [5, 5.41) is 11.2. The van der Waals surface area contributed by atoms with Crippen molar-refractivity contribution in [3.05, 3.63) is 68.7 Å². The van der Waals surface area contributed by atoms with Crippen LogP contribution in [0.15, 0.2) is 52.4 Å². The number of halogens is 2. The van der Waals surface area contributed by atoms with Crippen LogP contribution in [0.25, 0.3) is 10.9 Å². The minimum absolute atomic E-state index is 0.0515. The number of benzene rings is 2. The Bertz CT molecular complexity index is 1140. The predicted molar refractivity (Wildman–Crippen MR) is 101 cm³/mol. The van der Waals surface area contributed by atoms with Crippen molar-refractivity contribution < 1.29 is 13.5 Å². The zero-order valence-electron chi connectivity index (χ0n) is 13.6. The maximum absolute atomic E-state index is 12.6. The number of nitrogens with zero attached hydrogens (tertiary/aromatic N) is 2. The molecule has 2 aromatic carbocycles. The Balaban J connectivity index is 1.93. The van der Waals surface area contributed by atoms with Gasteiger partial charge in [0.1, 0.15) is 0 Å². The van der Waals surface area contributed by atoms with Gasteiger partial charge in [0.15, 0.2) is 9.84 Å². The number of rotatable bonds is 4. The van der Waals surface area contributed by atoms with E-state index in [-0.39, 0.29) is 27.4 Å². The number of fused-ring (bicyclic) bond motifs is 1. The summed E-state index contributed by atoms with van der Waals surface area (Å²) in [5.74, 6) is 0. The summed E-state index contributed by atoms with van der Waals surface area (Å²) in [5.41, 5.74) is 0.434. The summed E-state index contributed by atoms with van der Waals surface area (Å²) in [6.07, 6.45) is 1.39. The molecule has 0 radical (unpaired) electrons. The minimum Gasteiger partial charge on any atom is -0.387 e. The van der Waals surface area contributed by atoms with Gasteiger partial charge in [-0.2, -0.15) is 0 Å². The van der Waals surface area contributed by atoms with Crippen LogP contribution in [0.3, 0.4) is 0 Å². The molecule has 0 aliphatic heterocycles. The molecule has 0 aliphatic rings. The number of aliphatic hydroxyl groups excluding tert-OH is 1. The molecular formula is C17H14Cl2N2O4S. The van der Waals surface area contributed by atoms with E-state index in [0.29, 0.717) is 16.1 Å². The van der Waals surface area contributed by atoms with Gasteiger partial charge >= 0.3 is 0 Å². The van der Waals surface area contributed by atoms with Crippen molar-refractivity contribution in [1.29, 1.82) is 0 Å². The topological polar surface area (TPSA) is 89.3 Å². The average molecular weight is 413 g/mol. The first-order valence-electron chi connectivity index (χ1n) is 7.49. The summed E-state index contributed by atoms with van der Waals surface area (Å²) in [4.78, 5) is 16.9. The highest BCUT2D eigenvalue weighted by molar-refractivity contribution is 7.90. The highest BCUT2D eigenvalue weighted by atomic mass is 35.5. The van der Waals surface area contributed by atoms with Crippen molar-refractivity contribution in [2.75, 3.05) is 6.26 Å². The molecule has 3 aromatic rings. The van der Waals surface area contributed by atoms with E-state index in [2.05, 4.69) is 4.98 Å². The van der Waals surface area contributed by atoms with Crippen LogP contribution in [-0.4, -0.2) is 29.3 Å². The Labute approximate surface area is 159 Å². The molecule has 1 heterocycles. The molecule has 0 fully saturated rings. The molecule has 136 valence electrons. The van der Waals surface area contributed by atoms with E-state index in [1.54, 1.807) is 0 Å². The maximum atomic E-state index is 12.6. The smallest absolute Gasteiger partial charge is 0.261 e. The summed E-state index contributed by atoms with van der Waals surface area (Å²) in [6, 6.07) is 8.81. The molecule has 0 amide bonds. The molecular weight excluding hydrogens is 399 g/mol. The van der Waals surface area contributed by atoms with Gasteiger partial charge in [-0.3, -0.25) is 9.36 Å². The summed E-state index contributed by atoms with van der Waals surface area (Å²) >= 11 is 12.0. The number of aromatic nitrogens is 2. The van der Waals surface area contributed by atoms with Crippen molar-refractivity contribution in [3.8, 4) is 0 Å². The first-order chi connectivity index (χ1) is 12.2. The molecule has 0 spiro atoms. The second-order valence-electron chi connectivity index (χ2n) is 5.84. The highest BCUT2D eigenvalue weighted by Gasteiger charge is 2.14. The monoisotopic (exact) mass is 412 g/mol. The standard InChI is InChI=1S/C17H14Cl2N2O4S/c1-26(24,25)12-4-2-10(3-5-12)15(22)8-21-9-20-16-13(17(21)23)6-11(18)7-14(16)19/h2-7,9,15,22H,8H2,1H3/t15-/m1/s1. The normalized spacial score (nSPS) is 13.1. The lowest BCUT2D eigenvalue weighted by Crippen LogP contribution is -2.24. The second-order valence-corrected chi connectivity index (χ2v) is 8.70. The van der Waals surface area contributed by atoms with Crippen molar-refractivity contribution in [3.63, 3.8) is 0 Å². The molecule has 0 unspecified atom stereocenters. The zero-order chi connectivity index (χ0) is 19.1. The molecule has 3 rings (SSSR count). The van der Waals surface area contributed by atoms with Crippen molar-refractivity contribution in [1.82, 2.24) is 9.55 Å². The van der Waals surface area contributed by atoms with Gasteiger partial charge in [0.05, 0.1) is 39.8 Å². The molecule has 0 saturated heterocycles. The molecule has 6 nitrogen and oxygen atoms in total. The van der Waals surface area contributed by atoms with E-state index < -0.39 is 15.9 Å². The van der Waals surface area contributed by atoms with Gasteiger partial charge in [-0.05, 0) is 29.8 Å². The third kappa shape index (κ3) is 3.76. The van der Waals surface area contributed by atoms with Crippen molar-refractivity contribution >= 4 is 43.9 Å². The van der Waals surface area contributed by atoms with Crippen LogP contribution in [-0.2, 0) is 16.4 Å². The van der Waals surface area contributed by atoms with E-state index in [1.807, 2.05) is 0 Å². The van der Waals surface area contributed by atoms with Gasteiger partial charge in [-0.15, -0.1) is 0 Å². The van der Waals surface area contributed by atoms with Crippen LogP contribution in [0.2, 0.25) is 10.0 Å². The third-order valence-corrected chi connectivity index (χ3v) is 5.54. The van der Waals surface area contributed by atoms with Crippen molar-refractivity contribution in [2.24, 2.45) is 0 Å². The first-order valence-corrected chi connectivity index (χ1v) is 10.1. The highest BCUT2D eigenvalue weighted by Crippen LogP contribution is 2.24. The fourth-order valence-electron chi connectivity index (χ4n) is 2.55. The summed E-state index contributed by atoms with van der Waals surface area (Å²) in [7, 11) is -3.32. The van der Waals surface area contributed by atoms with Crippen molar-refractivity contribution in [2.45, 2.75) is 17.5 Å². The Hall–Kier alpha value is -1.93. The second kappa shape index (κ2) is 7.00. The Morgan fingerprint density at radius 1 is 1.19 bits per heavy atom. The summed E-state index contributed by atoms with van der Waals surface area (Å²) in [6.45, 7) is -0.0515. The number of hydrogen-bond acceptors (Lipinski definition) is 5. The average Bonchev–Trinajstić information content (AvgIpc) is 2.57. The largest absolute Gasteiger partial charge is 0.387 e. The van der Waals surface area contributed by atoms with E-state index in [1.165, 1.54) is 47.3 Å². The number of aliphatic hydroxyl groups is 1. The van der Waals surface area contributed by atoms with Gasteiger partial charge in [-0.25, -0.2) is 13.4 Å². The molecule has 0 saturated carbocycles. The minimum atomic E-state index is -3.32. The molecule has 1 aromatic heterocycles. The molecule has 9 heteroatoms. The lowest BCUT2D eigenvalue weighted by molar-refractivity contribution is 0.155. The fourth-order valence-corrected chi connectivity index (χ4v) is 3.73. The number of hydrogen-bond donors (Lipinski definition) is 1. The Kier molecular flexibility index (Phi) is 5.07. The van der Waals surface area contributed by atoms with E-state index in [0.717, 1.165) is 6.26 Å². The van der Waals surface area contributed by atoms with Gasteiger partial charge in [0.25, 0.3) is 5.56 Å². The third-order valence-electron chi connectivity index (χ3n) is 3.91. The SMILES string of the molecule is CS(=O)(=O)c1ccc([C@H](O)Cn2cnc3c(Cl)cc(Cl)cc3c2=O)cc1. The van der Waals surface area contributed by atoms with Crippen LogP contribution in [0, 0.1) is 0 Å². The quantitative estimate of drug-likeness (QED) is 0.711. The van der Waals surface area contributed by atoms with Crippen LogP contribution in [0.4, 0.5) is 0 Å². The van der Waals surface area contributed by atoms with Crippen LogP contribution >= 0.6 is 23.2 Å². The van der Waals surface area contributed by atoms with E-state index >= 15 is 0 Å². The zero-order valence-corrected chi connectivity index (χ0v) is 15.9. The maximum Gasteiger partial charge on any atom is 0.261 e. The molecule has 1 atom stereocenters. The molecule has 26 heavy (non-hydrogen) atoms. The van der Waals surface area contributed by atoms with Gasteiger partial charge in [0.2, 0.25) is 0 Å². The lowest BCUT2D eigenvalue weighted by atomic mass is 10.1.